The van der Waals surface area contributed by atoms with E-state index in [1.807, 2.05) is 25.1 Å². The van der Waals surface area contributed by atoms with E-state index >= 15 is 0 Å². The van der Waals surface area contributed by atoms with E-state index in [4.69, 9.17) is 0 Å². The number of piperidine rings is 1. The summed E-state index contributed by atoms with van der Waals surface area (Å²) < 4.78 is 0.945. The van der Waals surface area contributed by atoms with Crippen LogP contribution < -0.4 is 5.32 Å². The van der Waals surface area contributed by atoms with Crippen LogP contribution in [0.3, 0.4) is 0 Å². The number of rotatable bonds is 3. The number of aryl methyl sites for hydroxylation is 1. The van der Waals surface area contributed by atoms with Gasteiger partial charge in [0.1, 0.15) is 0 Å². The van der Waals surface area contributed by atoms with E-state index in [1.165, 1.54) is 19.4 Å². The van der Waals surface area contributed by atoms with Gasteiger partial charge in [-0.3, -0.25) is 4.79 Å². The number of nitrogens with zero attached hydrogens (tertiary/aromatic N) is 1. The minimum atomic E-state index is 0.0343. The lowest BCUT2D eigenvalue weighted by atomic mass is 9.98. The molecule has 1 aromatic rings. The normalized spacial score (nSPS) is 20.3. The third kappa shape index (κ3) is 4.05. The number of carbonyl (C=O) groups is 1. The predicted molar refractivity (Wildman–Crippen MR) is 81.4 cm³/mol. The highest BCUT2D eigenvalue weighted by molar-refractivity contribution is 9.10. The van der Waals surface area contributed by atoms with Crippen molar-refractivity contribution in [1.82, 2.24) is 10.2 Å². The van der Waals surface area contributed by atoms with E-state index in [2.05, 4.69) is 33.2 Å². The molecule has 1 saturated heterocycles. The van der Waals surface area contributed by atoms with Crippen molar-refractivity contribution >= 4 is 21.8 Å². The third-order valence-corrected chi connectivity index (χ3v) is 4.21. The van der Waals surface area contributed by atoms with Crippen molar-refractivity contribution in [3.8, 4) is 0 Å². The molecule has 2 rings (SSSR count). The van der Waals surface area contributed by atoms with Crippen LogP contribution in [-0.2, 0) is 0 Å². The maximum atomic E-state index is 12.2. The summed E-state index contributed by atoms with van der Waals surface area (Å²) in [6.07, 6.45) is 2.44. The largest absolute Gasteiger partial charge is 0.352 e. The standard InChI is InChI=1S/C15H21BrN2O/c1-11-5-6-13(16)8-14(11)15(19)17-9-12-4-3-7-18(2)10-12/h5-6,8,12H,3-4,7,9-10H2,1-2H3,(H,17,19). The van der Waals surface area contributed by atoms with E-state index in [1.54, 1.807) is 0 Å². The van der Waals surface area contributed by atoms with Gasteiger partial charge >= 0.3 is 0 Å². The molecule has 1 unspecified atom stereocenters. The number of carbonyl (C=O) groups excluding carboxylic acids is 1. The maximum absolute atomic E-state index is 12.2. The minimum Gasteiger partial charge on any atom is -0.352 e. The van der Waals surface area contributed by atoms with Crippen molar-refractivity contribution < 1.29 is 4.79 Å². The SMILES string of the molecule is Cc1ccc(Br)cc1C(=O)NCC1CCCN(C)C1. The Hall–Kier alpha value is -0.870. The van der Waals surface area contributed by atoms with Crippen LogP contribution in [0, 0.1) is 12.8 Å². The average Bonchev–Trinajstić information content (AvgIpc) is 2.39. The summed E-state index contributed by atoms with van der Waals surface area (Å²) in [6.45, 7) is 5.00. The molecule has 0 aromatic heterocycles. The number of hydrogen-bond donors (Lipinski definition) is 1. The van der Waals surface area contributed by atoms with Crippen LogP contribution in [0.4, 0.5) is 0 Å². The molecule has 0 radical (unpaired) electrons. The first-order chi connectivity index (χ1) is 9.06. The highest BCUT2D eigenvalue weighted by Gasteiger charge is 2.18. The summed E-state index contributed by atoms with van der Waals surface area (Å²) in [5, 5.41) is 3.07. The van der Waals surface area contributed by atoms with Crippen LogP contribution >= 0.6 is 15.9 Å². The first kappa shape index (κ1) is 14.5. The zero-order valence-corrected chi connectivity index (χ0v) is 13.2. The molecule has 1 aromatic carbocycles. The molecule has 1 amide bonds. The molecule has 0 saturated carbocycles. The van der Waals surface area contributed by atoms with Crippen molar-refractivity contribution in [2.75, 3.05) is 26.7 Å². The smallest absolute Gasteiger partial charge is 0.251 e. The van der Waals surface area contributed by atoms with Crippen molar-refractivity contribution in [1.29, 1.82) is 0 Å². The Balaban J connectivity index is 1.92. The fraction of sp³-hybridized carbons (Fsp3) is 0.533. The first-order valence-corrected chi connectivity index (χ1v) is 7.58. The maximum Gasteiger partial charge on any atom is 0.251 e. The van der Waals surface area contributed by atoms with Gasteiger partial charge < -0.3 is 10.2 Å². The van der Waals surface area contributed by atoms with E-state index < -0.39 is 0 Å². The van der Waals surface area contributed by atoms with Gasteiger partial charge in [-0.15, -0.1) is 0 Å². The predicted octanol–water partition coefficient (Wildman–Crippen LogP) is 2.83. The lowest BCUT2D eigenvalue weighted by Gasteiger charge is -2.29. The van der Waals surface area contributed by atoms with Crippen LogP contribution in [0.1, 0.15) is 28.8 Å². The minimum absolute atomic E-state index is 0.0343. The molecule has 4 heteroatoms. The molecule has 1 atom stereocenters. The zero-order chi connectivity index (χ0) is 13.8. The number of likely N-dealkylation sites (tertiary alicyclic amines) is 1. The van der Waals surface area contributed by atoms with Gasteiger partial charge in [-0.2, -0.15) is 0 Å². The average molecular weight is 325 g/mol. The zero-order valence-electron chi connectivity index (χ0n) is 11.6. The Morgan fingerprint density at radius 2 is 2.32 bits per heavy atom. The van der Waals surface area contributed by atoms with E-state index in [0.717, 1.165) is 28.7 Å². The fourth-order valence-electron chi connectivity index (χ4n) is 2.61. The van der Waals surface area contributed by atoms with Crippen LogP contribution in [0.5, 0.6) is 0 Å². The molecule has 1 heterocycles. The highest BCUT2D eigenvalue weighted by atomic mass is 79.9. The second kappa shape index (κ2) is 6.53. The number of nitrogens with one attached hydrogen (secondary N) is 1. The molecule has 19 heavy (non-hydrogen) atoms. The van der Waals surface area contributed by atoms with Gasteiger partial charge in [0, 0.05) is 23.1 Å². The number of benzene rings is 1. The third-order valence-electron chi connectivity index (χ3n) is 3.72. The Labute approximate surface area is 123 Å². The van der Waals surface area contributed by atoms with Gasteiger partial charge in [-0.1, -0.05) is 22.0 Å². The van der Waals surface area contributed by atoms with Crippen LogP contribution in [0.15, 0.2) is 22.7 Å². The molecule has 1 aliphatic rings. The lowest BCUT2D eigenvalue weighted by Crippen LogP contribution is -2.39. The summed E-state index contributed by atoms with van der Waals surface area (Å²) >= 11 is 3.41. The summed E-state index contributed by atoms with van der Waals surface area (Å²) in [5.74, 6) is 0.613. The topological polar surface area (TPSA) is 32.3 Å². The quantitative estimate of drug-likeness (QED) is 0.927. The first-order valence-electron chi connectivity index (χ1n) is 6.79. The molecule has 0 bridgehead atoms. The van der Waals surface area contributed by atoms with E-state index in [-0.39, 0.29) is 5.91 Å². The Morgan fingerprint density at radius 1 is 1.53 bits per heavy atom. The molecule has 1 fully saturated rings. The Kier molecular flexibility index (Phi) is 4.99. The molecular weight excluding hydrogens is 304 g/mol. The van der Waals surface area contributed by atoms with E-state index in [0.29, 0.717) is 5.92 Å². The molecular formula is C15H21BrN2O. The summed E-state index contributed by atoms with van der Waals surface area (Å²) in [5.41, 5.74) is 1.78. The van der Waals surface area contributed by atoms with Gasteiger partial charge in [0.2, 0.25) is 0 Å². The molecule has 3 nitrogen and oxygen atoms in total. The molecule has 0 aliphatic carbocycles. The Bertz CT molecular complexity index is 461. The van der Waals surface area contributed by atoms with Crippen LogP contribution in [0.2, 0.25) is 0 Å². The molecule has 104 valence electrons. The van der Waals surface area contributed by atoms with Crippen molar-refractivity contribution in [3.05, 3.63) is 33.8 Å². The van der Waals surface area contributed by atoms with Crippen molar-refractivity contribution in [2.45, 2.75) is 19.8 Å². The number of halogens is 1. The van der Waals surface area contributed by atoms with Gasteiger partial charge in [0.15, 0.2) is 0 Å². The van der Waals surface area contributed by atoms with Gasteiger partial charge in [-0.05, 0) is 57.0 Å². The number of hydrogen-bond acceptors (Lipinski definition) is 2. The van der Waals surface area contributed by atoms with Crippen LogP contribution in [0.25, 0.3) is 0 Å². The second-order valence-corrected chi connectivity index (χ2v) is 6.36. The summed E-state index contributed by atoms with van der Waals surface area (Å²) in [4.78, 5) is 14.5. The molecule has 0 spiro atoms. The summed E-state index contributed by atoms with van der Waals surface area (Å²) in [7, 11) is 2.15. The summed E-state index contributed by atoms with van der Waals surface area (Å²) in [6, 6.07) is 5.81. The molecule has 1 aliphatic heterocycles. The van der Waals surface area contributed by atoms with Crippen molar-refractivity contribution in [3.63, 3.8) is 0 Å². The van der Waals surface area contributed by atoms with Gasteiger partial charge in [0.05, 0.1) is 0 Å². The monoisotopic (exact) mass is 324 g/mol. The van der Waals surface area contributed by atoms with E-state index in [9.17, 15) is 4.79 Å². The fourth-order valence-corrected chi connectivity index (χ4v) is 2.97. The van der Waals surface area contributed by atoms with Gasteiger partial charge in [0.25, 0.3) is 5.91 Å². The highest BCUT2D eigenvalue weighted by Crippen LogP contribution is 2.17. The van der Waals surface area contributed by atoms with Crippen LogP contribution in [-0.4, -0.2) is 37.5 Å². The second-order valence-electron chi connectivity index (χ2n) is 5.44. The van der Waals surface area contributed by atoms with Crippen molar-refractivity contribution in [2.24, 2.45) is 5.92 Å². The Morgan fingerprint density at radius 3 is 3.05 bits per heavy atom. The van der Waals surface area contributed by atoms with Gasteiger partial charge in [-0.25, -0.2) is 0 Å². The lowest BCUT2D eigenvalue weighted by molar-refractivity contribution is 0.0936. The number of amides is 1. The molecule has 1 N–H and O–H groups in total.